The summed E-state index contributed by atoms with van der Waals surface area (Å²) in [6, 6.07) is 10.1. The number of rotatable bonds is 9. The summed E-state index contributed by atoms with van der Waals surface area (Å²) in [5.74, 6) is 0.873. The number of ether oxygens (including phenoxy) is 1. The highest BCUT2D eigenvalue weighted by atomic mass is 16.5. The van der Waals surface area contributed by atoms with Crippen LogP contribution < -0.4 is 10.6 Å². The van der Waals surface area contributed by atoms with E-state index in [0.717, 1.165) is 25.1 Å². The number of carbonyl (C=O) groups is 1. The predicted molar refractivity (Wildman–Crippen MR) is 111 cm³/mol. The number of hydrogen-bond acceptors (Lipinski definition) is 4. The summed E-state index contributed by atoms with van der Waals surface area (Å²) in [6.07, 6.45) is 0.229. The van der Waals surface area contributed by atoms with Crippen molar-refractivity contribution in [3.05, 3.63) is 35.9 Å². The molecule has 2 atom stereocenters. The number of carbonyl (C=O) groups excluding carboxylic acids is 1. The summed E-state index contributed by atoms with van der Waals surface area (Å²) in [4.78, 5) is 18.5. The third kappa shape index (κ3) is 7.48. The zero-order valence-corrected chi connectivity index (χ0v) is 17.2. The first-order valence-corrected chi connectivity index (χ1v) is 10.1. The average Bonchev–Trinajstić information content (AvgIpc) is 3.15. The number of guanidine groups is 1. The molecule has 0 radical (unpaired) electrons. The topological polar surface area (TPSA) is 86.2 Å². The van der Waals surface area contributed by atoms with Gasteiger partial charge in [-0.1, -0.05) is 44.2 Å². The number of aliphatic imine (C=N–C) groups is 1. The molecule has 0 spiro atoms. The van der Waals surface area contributed by atoms with Crippen LogP contribution >= 0.6 is 0 Å². The van der Waals surface area contributed by atoms with Gasteiger partial charge in [-0.15, -0.1) is 0 Å². The highest BCUT2D eigenvalue weighted by Crippen LogP contribution is 2.12. The smallest absolute Gasteiger partial charge is 0.225 e. The van der Waals surface area contributed by atoms with E-state index in [1.165, 1.54) is 0 Å². The van der Waals surface area contributed by atoms with Crippen LogP contribution in [-0.2, 0) is 16.1 Å². The molecular weight excluding hydrogens is 356 g/mol. The Morgan fingerprint density at radius 3 is 2.79 bits per heavy atom. The van der Waals surface area contributed by atoms with Gasteiger partial charge in [-0.05, 0) is 18.9 Å². The molecule has 156 valence electrons. The molecule has 7 heteroatoms. The van der Waals surface area contributed by atoms with Gasteiger partial charge >= 0.3 is 0 Å². The molecule has 1 aromatic rings. The molecule has 7 nitrogen and oxygen atoms in total. The quantitative estimate of drug-likeness (QED) is 0.438. The van der Waals surface area contributed by atoms with Gasteiger partial charge in [0.2, 0.25) is 5.91 Å². The van der Waals surface area contributed by atoms with Crippen LogP contribution in [0.5, 0.6) is 0 Å². The van der Waals surface area contributed by atoms with Crippen LogP contribution in [0.25, 0.3) is 0 Å². The van der Waals surface area contributed by atoms with E-state index < -0.39 is 6.10 Å². The van der Waals surface area contributed by atoms with Crippen molar-refractivity contribution < 1.29 is 14.6 Å². The van der Waals surface area contributed by atoms with Gasteiger partial charge < -0.3 is 25.4 Å². The standard InChI is InChI=1S/C21H34N4O3/c1-4-22-21(24-18-10-11-25(13-18)20(27)16(2)3)23-12-19(26)15-28-14-17-8-6-5-7-9-17/h5-9,16,18-19,26H,4,10-15H2,1-3H3,(H2,22,23,24). The Balaban J connectivity index is 1.75. The van der Waals surface area contributed by atoms with E-state index in [1.54, 1.807) is 0 Å². The lowest BCUT2D eigenvalue weighted by atomic mass is 10.2. The molecule has 2 rings (SSSR count). The maximum absolute atomic E-state index is 12.1. The highest BCUT2D eigenvalue weighted by molar-refractivity contribution is 5.81. The van der Waals surface area contributed by atoms with Gasteiger partial charge in [0.15, 0.2) is 5.96 Å². The third-order valence-electron chi connectivity index (χ3n) is 4.56. The number of nitrogens with one attached hydrogen (secondary N) is 2. The summed E-state index contributed by atoms with van der Waals surface area (Å²) >= 11 is 0. The average molecular weight is 391 g/mol. The number of hydrogen-bond donors (Lipinski definition) is 3. The van der Waals surface area contributed by atoms with Gasteiger partial charge in [0.1, 0.15) is 0 Å². The lowest BCUT2D eigenvalue weighted by molar-refractivity contribution is -0.133. The van der Waals surface area contributed by atoms with Gasteiger partial charge in [0.05, 0.1) is 25.9 Å². The summed E-state index contributed by atoms with van der Waals surface area (Å²) in [6.45, 7) is 9.00. The molecule has 2 unspecified atom stereocenters. The van der Waals surface area contributed by atoms with Crippen LogP contribution in [0.15, 0.2) is 35.3 Å². The number of aliphatic hydroxyl groups is 1. The minimum absolute atomic E-state index is 0.0201. The first-order chi connectivity index (χ1) is 13.5. The third-order valence-corrected chi connectivity index (χ3v) is 4.56. The Bertz CT molecular complexity index is 621. The second kappa shape index (κ2) is 11.7. The Hall–Kier alpha value is -2.12. The number of amides is 1. The first-order valence-electron chi connectivity index (χ1n) is 10.1. The number of likely N-dealkylation sites (tertiary alicyclic amines) is 1. The zero-order chi connectivity index (χ0) is 20.4. The summed E-state index contributed by atoms with van der Waals surface area (Å²) in [5.41, 5.74) is 1.08. The SMILES string of the molecule is CCNC(=NCC(O)COCc1ccccc1)NC1CCN(C(=O)C(C)C)C1. The molecule has 1 aliphatic rings. The second-order valence-electron chi connectivity index (χ2n) is 7.44. The molecule has 1 heterocycles. The maximum Gasteiger partial charge on any atom is 0.225 e. The zero-order valence-electron chi connectivity index (χ0n) is 17.2. The van der Waals surface area contributed by atoms with E-state index in [2.05, 4.69) is 15.6 Å². The van der Waals surface area contributed by atoms with Crippen LogP contribution in [0.4, 0.5) is 0 Å². The molecule has 0 aromatic heterocycles. The number of nitrogens with zero attached hydrogens (tertiary/aromatic N) is 2. The highest BCUT2D eigenvalue weighted by Gasteiger charge is 2.27. The van der Waals surface area contributed by atoms with E-state index >= 15 is 0 Å². The van der Waals surface area contributed by atoms with Gasteiger partial charge in [0, 0.05) is 31.6 Å². The van der Waals surface area contributed by atoms with E-state index in [-0.39, 0.29) is 31.0 Å². The Morgan fingerprint density at radius 1 is 1.36 bits per heavy atom. The lowest BCUT2D eigenvalue weighted by Crippen LogP contribution is -2.45. The largest absolute Gasteiger partial charge is 0.389 e. The summed E-state index contributed by atoms with van der Waals surface area (Å²) < 4.78 is 5.57. The Kier molecular flexibility index (Phi) is 9.23. The van der Waals surface area contributed by atoms with Crippen LogP contribution in [0.2, 0.25) is 0 Å². The molecule has 1 saturated heterocycles. The fraction of sp³-hybridized carbons (Fsp3) is 0.619. The van der Waals surface area contributed by atoms with E-state index in [9.17, 15) is 9.90 Å². The minimum Gasteiger partial charge on any atom is -0.389 e. The van der Waals surface area contributed by atoms with Gasteiger partial charge in [0.25, 0.3) is 0 Å². The maximum atomic E-state index is 12.1. The van der Waals surface area contributed by atoms with Crippen molar-refractivity contribution in [3.8, 4) is 0 Å². The van der Waals surface area contributed by atoms with Crippen molar-refractivity contribution in [2.45, 2.75) is 45.9 Å². The molecule has 0 saturated carbocycles. The van der Waals surface area contributed by atoms with Crippen LogP contribution in [-0.4, -0.2) is 66.8 Å². The Labute approximate surface area is 168 Å². The molecule has 0 aliphatic carbocycles. The van der Waals surface area contributed by atoms with Crippen LogP contribution in [0.1, 0.15) is 32.8 Å². The second-order valence-corrected chi connectivity index (χ2v) is 7.44. The van der Waals surface area contributed by atoms with Crippen LogP contribution in [0, 0.1) is 5.92 Å². The number of benzene rings is 1. The molecule has 28 heavy (non-hydrogen) atoms. The van der Waals surface area contributed by atoms with Crippen molar-refractivity contribution in [3.63, 3.8) is 0 Å². The first kappa shape index (κ1) is 22.2. The van der Waals surface area contributed by atoms with E-state index in [1.807, 2.05) is 56.0 Å². The summed E-state index contributed by atoms with van der Waals surface area (Å²) in [7, 11) is 0. The summed E-state index contributed by atoms with van der Waals surface area (Å²) in [5, 5.41) is 16.7. The molecular formula is C21H34N4O3. The van der Waals surface area contributed by atoms with Gasteiger partial charge in [-0.2, -0.15) is 0 Å². The molecule has 1 aliphatic heterocycles. The van der Waals surface area contributed by atoms with E-state index in [0.29, 0.717) is 19.1 Å². The lowest BCUT2D eigenvalue weighted by Gasteiger charge is -2.20. The Morgan fingerprint density at radius 2 is 2.11 bits per heavy atom. The number of aliphatic hydroxyl groups excluding tert-OH is 1. The molecule has 0 bridgehead atoms. The fourth-order valence-electron chi connectivity index (χ4n) is 3.09. The predicted octanol–water partition coefficient (Wildman–Crippen LogP) is 1.38. The van der Waals surface area contributed by atoms with E-state index in [4.69, 9.17) is 4.74 Å². The van der Waals surface area contributed by atoms with Gasteiger partial charge in [-0.25, -0.2) is 0 Å². The normalized spacial score (nSPS) is 18.4. The van der Waals surface area contributed by atoms with Crippen molar-refractivity contribution in [1.82, 2.24) is 15.5 Å². The minimum atomic E-state index is -0.665. The molecule has 3 N–H and O–H groups in total. The molecule has 1 fully saturated rings. The fourth-order valence-corrected chi connectivity index (χ4v) is 3.09. The van der Waals surface area contributed by atoms with Crippen LogP contribution in [0.3, 0.4) is 0 Å². The molecule has 1 amide bonds. The van der Waals surface area contributed by atoms with Crippen molar-refractivity contribution in [2.75, 3.05) is 32.8 Å². The van der Waals surface area contributed by atoms with Gasteiger partial charge in [-0.3, -0.25) is 9.79 Å². The van der Waals surface area contributed by atoms with Crippen molar-refractivity contribution in [1.29, 1.82) is 0 Å². The molecule has 1 aromatic carbocycles. The van der Waals surface area contributed by atoms with Crippen molar-refractivity contribution in [2.24, 2.45) is 10.9 Å². The monoisotopic (exact) mass is 390 g/mol. The van der Waals surface area contributed by atoms with Crippen molar-refractivity contribution >= 4 is 11.9 Å².